The van der Waals surface area contributed by atoms with Gasteiger partial charge in [-0.05, 0) is 45.0 Å². The number of halogens is 1. The highest BCUT2D eigenvalue weighted by Crippen LogP contribution is 2.34. The topological polar surface area (TPSA) is 48.7 Å². The van der Waals surface area contributed by atoms with Gasteiger partial charge in [0.1, 0.15) is 5.58 Å². The van der Waals surface area contributed by atoms with E-state index in [1.165, 1.54) is 19.3 Å². The molecule has 1 N–H and O–H groups in total. The third-order valence-corrected chi connectivity index (χ3v) is 6.88. The Morgan fingerprint density at radius 2 is 1.89 bits per heavy atom. The van der Waals surface area contributed by atoms with E-state index in [4.69, 9.17) is 16.0 Å². The molecule has 0 radical (unpaired) electrons. The van der Waals surface area contributed by atoms with Crippen LogP contribution in [0.1, 0.15) is 48.2 Å². The maximum atomic E-state index is 13.0. The molecule has 1 aliphatic heterocycles. The minimum absolute atomic E-state index is 0.0817. The largest absolute Gasteiger partial charge is 0.451 e. The van der Waals surface area contributed by atoms with E-state index in [0.29, 0.717) is 22.9 Å². The molecule has 2 fully saturated rings. The van der Waals surface area contributed by atoms with Crippen molar-refractivity contribution >= 4 is 28.5 Å². The van der Waals surface area contributed by atoms with Gasteiger partial charge in [-0.2, -0.15) is 0 Å². The second kappa shape index (κ2) is 8.05. The highest BCUT2D eigenvalue weighted by Gasteiger charge is 2.39. The quantitative estimate of drug-likeness (QED) is 0.835. The molecule has 5 nitrogen and oxygen atoms in total. The second-order valence-corrected chi connectivity index (χ2v) is 8.89. The number of carbonyl (C=O) groups is 1. The lowest BCUT2D eigenvalue weighted by Crippen LogP contribution is -2.61. The van der Waals surface area contributed by atoms with E-state index in [1.807, 2.05) is 19.1 Å². The van der Waals surface area contributed by atoms with Crippen LogP contribution < -0.4 is 5.32 Å². The number of piperazine rings is 1. The number of benzene rings is 1. The summed E-state index contributed by atoms with van der Waals surface area (Å²) < 4.78 is 5.86. The first kappa shape index (κ1) is 19.7. The molecule has 2 aliphatic rings. The molecule has 0 spiro atoms. The predicted molar refractivity (Wildman–Crippen MR) is 113 cm³/mol. The molecule has 0 unspecified atom stereocenters. The van der Waals surface area contributed by atoms with Crippen molar-refractivity contribution in [1.82, 2.24) is 15.1 Å². The molecule has 28 heavy (non-hydrogen) atoms. The zero-order chi connectivity index (χ0) is 19.7. The van der Waals surface area contributed by atoms with Crippen LogP contribution in [0.4, 0.5) is 0 Å². The first-order valence-corrected chi connectivity index (χ1v) is 10.8. The van der Waals surface area contributed by atoms with E-state index in [2.05, 4.69) is 22.2 Å². The number of fused-ring (bicyclic) bond motifs is 1. The Bertz CT molecular complexity index is 849. The van der Waals surface area contributed by atoms with Gasteiger partial charge in [-0.1, -0.05) is 30.9 Å². The predicted octanol–water partition coefficient (Wildman–Crippen LogP) is 4.07. The van der Waals surface area contributed by atoms with Gasteiger partial charge < -0.3 is 14.6 Å². The Balaban J connectivity index is 1.51. The van der Waals surface area contributed by atoms with Crippen molar-refractivity contribution in [3.05, 3.63) is 34.5 Å². The molecular weight excluding hydrogens is 374 g/mol. The van der Waals surface area contributed by atoms with Gasteiger partial charge >= 0.3 is 0 Å². The van der Waals surface area contributed by atoms with Crippen molar-refractivity contribution < 1.29 is 9.21 Å². The summed E-state index contributed by atoms with van der Waals surface area (Å²) >= 11 is 6.11. The number of nitrogens with zero attached hydrogens (tertiary/aromatic N) is 2. The number of furan rings is 1. The van der Waals surface area contributed by atoms with Crippen LogP contribution in [0, 0.1) is 6.92 Å². The van der Waals surface area contributed by atoms with Crippen molar-refractivity contribution in [3.63, 3.8) is 0 Å². The number of amides is 1. The minimum atomic E-state index is -0.121. The van der Waals surface area contributed by atoms with Crippen molar-refractivity contribution in [2.75, 3.05) is 39.8 Å². The van der Waals surface area contributed by atoms with Gasteiger partial charge in [0.25, 0.3) is 5.91 Å². The fourth-order valence-corrected chi connectivity index (χ4v) is 5.00. The molecule has 1 aromatic heterocycles. The second-order valence-electron chi connectivity index (χ2n) is 8.45. The molecule has 2 heterocycles. The lowest BCUT2D eigenvalue weighted by Gasteiger charge is -2.49. The van der Waals surface area contributed by atoms with Gasteiger partial charge in [0.05, 0.1) is 0 Å². The van der Waals surface area contributed by atoms with E-state index in [-0.39, 0.29) is 11.4 Å². The maximum Gasteiger partial charge on any atom is 0.287 e. The average molecular weight is 404 g/mol. The third kappa shape index (κ3) is 3.80. The van der Waals surface area contributed by atoms with Gasteiger partial charge in [-0.25, -0.2) is 0 Å². The number of aryl methyl sites for hydroxylation is 1. The average Bonchev–Trinajstić information content (AvgIpc) is 3.03. The monoisotopic (exact) mass is 403 g/mol. The van der Waals surface area contributed by atoms with E-state index in [0.717, 1.165) is 50.0 Å². The maximum absolute atomic E-state index is 13.0. The number of rotatable bonds is 4. The Morgan fingerprint density at radius 3 is 2.61 bits per heavy atom. The number of hydrogen-bond acceptors (Lipinski definition) is 4. The summed E-state index contributed by atoms with van der Waals surface area (Å²) in [7, 11) is 2.18. The lowest BCUT2D eigenvalue weighted by molar-refractivity contribution is 0.0136. The smallest absolute Gasteiger partial charge is 0.287 e. The summed E-state index contributed by atoms with van der Waals surface area (Å²) in [5, 5.41) is 4.77. The normalized spacial score (nSPS) is 21.1. The zero-order valence-electron chi connectivity index (χ0n) is 16.9. The van der Waals surface area contributed by atoms with Crippen LogP contribution in [-0.4, -0.2) is 61.0 Å². The van der Waals surface area contributed by atoms with E-state index < -0.39 is 0 Å². The van der Waals surface area contributed by atoms with Crippen LogP contribution >= 0.6 is 11.6 Å². The van der Waals surface area contributed by atoms with Gasteiger partial charge in [0, 0.05) is 54.2 Å². The molecule has 1 saturated carbocycles. The van der Waals surface area contributed by atoms with Crippen molar-refractivity contribution in [3.8, 4) is 0 Å². The Hall–Kier alpha value is -1.56. The van der Waals surface area contributed by atoms with E-state index >= 15 is 0 Å². The van der Waals surface area contributed by atoms with Gasteiger partial charge in [0.2, 0.25) is 0 Å². The highest BCUT2D eigenvalue weighted by molar-refractivity contribution is 6.31. The number of likely N-dealkylation sites (N-methyl/N-ethyl adjacent to an activating group) is 1. The molecule has 152 valence electrons. The Morgan fingerprint density at radius 1 is 1.18 bits per heavy atom. The Kier molecular flexibility index (Phi) is 5.68. The van der Waals surface area contributed by atoms with Crippen LogP contribution in [0.3, 0.4) is 0 Å². The van der Waals surface area contributed by atoms with E-state index in [1.54, 1.807) is 6.07 Å². The summed E-state index contributed by atoms with van der Waals surface area (Å²) in [6.45, 7) is 6.96. The number of carbonyl (C=O) groups excluding carboxylic acids is 1. The fraction of sp³-hybridized carbons (Fsp3) is 0.591. The van der Waals surface area contributed by atoms with Crippen LogP contribution in [0.5, 0.6) is 0 Å². The van der Waals surface area contributed by atoms with Crippen LogP contribution in [-0.2, 0) is 0 Å². The fourth-order valence-electron chi connectivity index (χ4n) is 4.83. The zero-order valence-corrected chi connectivity index (χ0v) is 17.6. The summed E-state index contributed by atoms with van der Waals surface area (Å²) in [6, 6.07) is 5.48. The van der Waals surface area contributed by atoms with Crippen LogP contribution in [0.25, 0.3) is 11.0 Å². The summed E-state index contributed by atoms with van der Waals surface area (Å²) in [4.78, 5) is 18.0. The number of hydrogen-bond donors (Lipinski definition) is 1. The van der Waals surface area contributed by atoms with Gasteiger partial charge in [0.15, 0.2) is 5.76 Å². The first-order chi connectivity index (χ1) is 13.5. The van der Waals surface area contributed by atoms with Crippen LogP contribution in [0.15, 0.2) is 22.6 Å². The molecule has 0 atom stereocenters. The summed E-state index contributed by atoms with van der Waals surface area (Å²) in [6.07, 6.45) is 6.10. The first-order valence-electron chi connectivity index (χ1n) is 10.4. The molecule has 1 saturated heterocycles. The molecule has 6 heteroatoms. The summed E-state index contributed by atoms with van der Waals surface area (Å²) in [5.74, 6) is 0.283. The van der Waals surface area contributed by atoms with Crippen molar-refractivity contribution in [2.45, 2.75) is 44.6 Å². The molecule has 0 bridgehead atoms. The standard InChI is InChI=1S/C22H30ClN3O2/c1-16-18-14-17(23)6-7-19(18)28-20(16)21(27)24-15-22(8-4-3-5-9-22)26-12-10-25(2)11-13-26/h6-7,14H,3-5,8-13,15H2,1-2H3,(H,24,27). The minimum Gasteiger partial charge on any atom is -0.451 e. The molecule has 1 amide bonds. The molecule has 4 rings (SSSR count). The Labute approximate surface area is 172 Å². The van der Waals surface area contributed by atoms with Crippen molar-refractivity contribution in [1.29, 1.82) is 0 Å². The molecule has 1 aliphatic carbocycles. The number of nitrogens with one attached hydrogen (secondary N) is 1. The summed E-state index contributed by atoms with van der Waals surface area (Å²) in [5.41, 5.74) is 1.64. The third-order valence-electron chi connectivity index (χ3n) is 6.64. The molecule has 1 aromatic carbocycles. The molecule has 2 aromatic rings. The van der Waals surface area contributed by atoms with Gasteiger partial charge in [-0.3, -0.25) is 9.69 Å². The highest BCUT2D eigenvalue weighted by atomic mass is 35.5. The van der Waals surface area contributed by atoms with Gasteiger partial charge in [-0.15, -0.1) is 0 Å². The molecular formula is C22H30ClN3O2. The van der Waals surface area contributed by atoms with E-state index in [9.17, 15) is 4.79 Å². The van der Waals surface area contributed by atoms with Crippen LogP contribution in [0.2, 0.25) is 5.02 Å². The van der Waals surface area contributed by atoms with Crippen molar-refractivity contribution in [2.24, 2.45) is 0 Å². The lowest BCUT2D eigenvalue weighted by atomic mass is 9.79. The SMILES string of the molecule is Cc1c(C(=O)NCC2(N3CCN(C)CC3)CCCCC2)oc2ccc(Cl)cc12.